The number of thioether (sulfide) groups is 1. The number of carbonyl (C=O) groups excluding carboxylic acids is 1. The van der Waals surface area contributed by atoms with E-state index in [1.807, 2.05) is 30.0 Å². The van der Waals surface area contributed by atoms with E-state index >= 15 is 0 Å². The monoisotopic (exact) mass is 267 g/mol. The van der Waals surface area contributed by atoms with Gasteiger partial charge in [0, 0.05) is 33.2 Å². The largest absolute Gasteiger partial charge is 0.306 e. The number of ketones is 1. The Balaban J connectivity index is 2.00. The van der Waals surface area contributed by atoms with Crippen LogP contribution in [0.25, 0.3) is 0 Å². The van der Waals surface area contributed by atoms with Crippen LogP contribution >= 0.6 is 23.4 Å². The molecule has 1 aromatic carbocycles. The first-order valence-corrected chi connectivity index (χ1v) is 7.10. The van der Waals surface area contributed by atoms with Gasteiger partial charge >= 0.3 is 0 Å². The van der Waals surface area contributed by atoms with Crippen molar-refractivity contribution in [2.45, 2.75) is 16.6 Å². The number of Topliss-reactive ketones (excluding diaryl/α,β-unsaturated/α-hetero) is 1. The molecule has 0 bridgehead atoms. The van der Waals surface area contributed by atoms with Crippen LogP contribution in [0.3, 0.4) is 0 Å². The van der Waals surface area contributed by atoms with E-state index < -0.39 is 0 Å². The van der Waals surface area contributed by atoms with Crippen LogP contribution in [-0.2, 0) is 0 Å². The summed E-state index contributed by atoms with van der Waals surface area (Å²) in [6.07, 6.45) is 1.10. The summed E-state index contributed by atoms with van der Waals surface area (Å²) in [6.45, 7) is 1.97. The first-order valence-electron chi connectivity index (χ1n) is 5.84. The number of piperidine rings is 1. The maximum atomic E-state index is 12.5. The highest BCUT2D eigenvalue weighted by atomic mass is 35.5. The summed E-state index contributed by atoms with van der Waals surface area (Å²) in [6, 6.07) is 5.67. The van der Waals surface area contributed by atoms with Crippen LogP contribution in [0.4, 0.5) is 0 Å². The minimum atomic E-state index is 0.143. The third-order valence-corrected chi connectivity index (χ3v) is 5.29. The lowest BCUT2D eigenvalue weighted by molar-refractivity contribution is 0.0843. The number of benzene rings is 1. The van der Waals surface area contributed by atoms with Crippen molar-refractivity contribution in [1.82, 2.24) is 4.90 Å². The summed E-state index contributed by atoms with van der Waals surface area (Å²) in [4.78, 5) is 15.8. The number of carbonyl (C=O) groups is 1. The normalized spacial score (nSPS) is 28.7. The maximum Gasteiger partial charge on any atom is 0.169 e. The van der Waals surface area contributed by atoms with Crippen molar-refractivity contribution in [3.8, 4) is 0 Å². The van der Waals surface area contributed by atoms with Crippen molar-refractivity contribution in [1.29, 1.82) is 0 Å². The Labute approximate surface area is 110 Å². The molecule has 2 nitrogen and oxygen atoms in total. The molecule has 17 heavy (non-hydrogen) atoms. The second-order valence-electron chi connectivity index (χ2n) is 4.82. The van der Waals surface area contributed by atoms with E-state index in [2.05, 4.69) is 11.9 Å². The summed E-state index contributed by atoms with van der Waals surface area (Å²) >= 11 is 7.82. The van der Waals surface area contributed by atoms with Gasteiger partial charge in [0.2, 0.25) is 0 Å². The van der Waals surface area contributed by atoms with Gasteiger partial charge in [0.15, 0.2) is 5.78 Å². The van der Waals surface area contributed by atoms with Crippen molar-refractivity contribution < 1.29 is 4.79 Å². The molecule has 3 rings (SSSR count). The second-order valence-corrected chi connectivity index (χ2v) is 6.54. The van der Waals surface area contributed by atoms with Crippen LogP contribution in [-0.4, -0.2) is 36.1 Å². The number of nitrogens with zero attached hydrogens (tertiary/aromatic N) is 1. The van der Waals surface area contributed by atoms with Crippen molar-refractivity contribution in [3.63, 3.8) is 0 Å². The Morgan fingerprint density at radius 3 is 3.12 bits per heavy atom. The molecule has 2 heterocycles. The van der Waals surface area contributed by atoms with Gasteiger partial charge in [-0.3, -0.25) is 4.79 Å². The lowest BCUT2D eigenvalue weighted by Gasteiger charge is -2.38. The van der Waals surface area contributed by atoms with E-state index in [-0.39, 0.29) is 11.7 Å². The topological polar surface area (TPSA) is 20.3 Å². The maximum absolute atomic E-state index is 12.5. The molecule has 90 valence electrons. The van der Waals surface area contributed by atoms with E-state index in [0.717, 1.165) is 30.0 Å². The van der Waals surface area contributed by atoms with Gasteiger partial charge in [0.25, 0.3) is 0 Å². The number of fused-ring (bicyclic) bond motifs is 2. The number of rotatable bonds is 0. The van der Waals surface area contributed by atoms with Gasteiger partial charge in [-0.1, -0.05) is 11.6 Å². The van der Waals surface area contributed by atoms with Gasteiger partial charge in [-0.25, -0.2) is 0 Å². The quantitative estimate of drug-likeness (QED) is 0.721. The number of hydrogen-bond acceptors (Lipinski definition) is 3. The van der Waals surface area contributed by atoms with E-state index in [1.54, 1.807) is 0 Å². The lowest BCUT2D eigenvalue weighted by Crippen LogP contribution is -2.45. The van der Waals surface area contributed by atoms with Crippen LogP contribution in [0.2, 0.25) is 5.02 Å². The molecule has 0 aliphatic carbocycles. The molecule has 4 heteroatoms. The van der Waals surface area contributed by atoms with Crippen LogP contribution < -0.4 is 0 Å². The fourth-order valence-corrected chi connectivity index (χ4v) is 4.18. The lowest BCUT2D eigenvalue weighted by atomic mass is 9.89. The van der Waals surface area contributed by atoms with Gasteiger partial charge in [-0.05, 0) is 38.2 Å². The number of halogens is 1. The third kappa shape index (κ3) is 2.01. The van der Waals surface area contributed by atoms with Crippen molar-refractivity contribution in [3.05, 3.63) is 28.8 Å². The Bertz CT molecular complexity index is 476. The predicted octanol–water partition coefficient (Wildman–Crippen LogP) is 2.95. The molecule has 1 fully saturated rings. The third-order valence-electron chi connectivity index (χ3n) is 3.57. The number of likely N-dealkylation sites (tertiary alicyclic amines) is 1. The molecule has 0 spiro atoms. The smallest absolute Gasteiger partial charge is 0.169 e. The first kappa shape index (κ1) is 11.6. The average Bonchev–Trinajstić information content (AvgIpc) is 2.32. The zero-order chi connectivity index (χ0) is 12.0. The van der Waals surface area contributed by atoms with Gasteiger partial charge in [-0.2, -0.15) is 0 Å². The molecule has 0 amide bonds. The van der Waals surface area contributed by atoms with E-state index in [4.69, 9.17) is 11.6 Å². The molecule has 0 aromatic heterocycles. The molecule has 2 aliphatic heterocycles. The van der Waals surface area contributed by atoms with Gasteiger partial charge in [0.1, 0.15) is 0 Å². The molecule has 2 aliphatic rings. The first-order chi connectivity index (χ1) is 8.15. The van der Waals surface area contributed by atoms with Gasteiger partial charge in [0.05, 0.1) is 0 Å². The zero-order valence-electron chi connectivity index (χ0n) is 9.65. The van der Waals surface area contributed by atoms with Gasteiger partial charge in [-0.15, -0.1) is 11.8 Å². The summed E-state index contributed by atoms with van der Waals surface area (Å²) in [5, 5.41) is 1.10. The van der Waals surface area contributed by atoms with Gasteiger partial charge < -0.3 is 4.90 Å². The Hall–Kier alpha value is -0.510. The SMILES string of the molecule is CN1CC[C@H]2Sc3ccc(Cl)cc3C(=O)[C@@H]2C1. The molecule has 0 radical (unpaired) electrons. The van der Waals surface area contributed by atoms with Crippen LogP contribution in [0.1, 0.15) is 16.8 Å². The van der Waals surface area contributed by atoms with E-state index in [1.165, 1.54) is 0 Å². The molecule has 1 aromatic rings. The minimum absolute atomic E-state index is 0.143. The summed E-state index contributed by atoms with van der Waals surface area (Å²) in [7, 11) is 2.08. The zero-order valence-corrected chi connectivity index (χ0v) is 11.2. The Morgan fingerprint density at radius 2 is 2.29 bits per heavy atom. The highest BCUT2D eigenvalue weighted by Crippen LogP contribution is 2.42. The molecular weight excluding hydrogens is 254 g/mol. The number of hydrogen-bond donors (Lipinski definition) is 0. The second kappa shape index (κ2) is 4.30. The molecule has 0 saturated carbocycles. The highest BCUT2D eigenvalue weighted by Gasteiger charge is 2.39. The van der Waals surface area contributed by atoms with Crippen LogP contribution in [0.5, 0.6) is 0 Å². The molecule has 1 saturated heterocycles. The molecule has 0 unspecified atom stereocenters. The fraction of sp³-hybridized carbons (Fsp3) is 0.462. The Kier molecular flexibility index (Phi) is 2.93. The van der Waals surface area contributed by atoms with Crippen LogP contribution in [0, 0.1) is 5.92 Å². The average molecular weight is 268 g/mol. The molecule has 2 atom stereocenters. The van der Waals surface area contributed by atoms with E-state index in [0.29, 0.717) is 10.3 Å². The Morgan fingerprint density at radius 1 is 1.47 bits per heavy atom. The molecular formula is C13H14ClNOS. The summed E-state index contributed by atoms with van der Waals surface area (Å²) < 4.78 is 0. The van der Waals surface area contributed by atoms with Crippen LogP contribution in [0.15, 0.2) is 23.1 Å². The van der Waals surface area contributed by atoms with Crippen molar-refractivity contribution in [2.75, 3.05) is 20.1 Å². The molecule has 0 N–H and O–H groups in total. The predicted molar refractivity (Wildman–Crippen MR) is 71.0 cm³/mol. The summed E-state index contributed by atoms with van der Waals surface area (Å²) in [5.74, 6) is 0.419. The highest BCUT2D eigenvalue weighted by molar-refractivity contribution is 8.00. The van der Waals surface area contributed by atoms with E-state index in [9.17, 15) is 4.79 Å². The summed E-state index contributed by atoms with van der Waals surface area (Å²) in [5.41, 5.74) is 0.819. The minimum Gasteiger partial charge on any atom is -0.306 e. The van der Waals surface area contributed by atoms with Crippen molar-refractivity contribution in [2.24, 2.45) is 5.92 Å². The van der Waals surface area contributed by atoms with Crippen molar-refractivity contribution >= 4 is 29.1 Å². The standard InChI is InChI=1S/C13H14ClNOS/c1-15-5-4-12-10(7-15)13(16)9-6-8(14)2-3-11(9)17-12/h2-3,6,10,12H,4-5,7H2,1H3/t10-,12-/m1/s1. The fourth-order valence-electron chi connectivity index (χ4n) is 2.65.